The van der Waals surface area contributed by atoms with Crippen molar-refractivity contribution in [1.82, 2.24) is 5.32 Å². The van der Waals surface area contributed by atoms with Crippen LogP contribution in [0, 0.1) is 17.7 Å². The predicted molar refractivity (Wildman–Crippen MR) is 67.4 cm³/mol. The highest BCUT2D eigenvalue weighted by atomic mass is 19.1. The van der Waals surface area contributed by atoms with Crippen molar-refractivity contribution in [2.75, 3.05) is 6.54 Å². The van der Waals surface area contributed by atoms with Crippen LogP contribution in [0.15, 0.2) is 24.3 Å². The molecule has 0 radical (unpaired) electrons. The van der Waals surface area contributed by atoms with Crippen molar-refractivity contribution >= 4 is 0 Å². The van der Waals surface area contributed by atoms with Crippen molar-refractivity contribution in [2.24, 2.45) is 11.8 Å². The number of hydrogen-bond acceptors (Lipinski definition) is 1. The van der Waals surface area contributed by atoms with Gasteiger partial charge in [-0.15, -0.1) is 0 Å². The molecule has 0 amide bonds. The topological polar surface area (TPSA) is 12.0 Å². The van der Waals surface area contributed by atoms with Gasteiger partial charge >= 0.3 is 0 Å². The average Bonchev–Trinajstić information content (AvgIpc) is 2.92. The quantitative estimate of drug-likeness (QED) is 0.841. The zero-order valence-electron chi connectivity index (χ0n) is 10.3. The molecule has 2 fully saturated rings. The lowest BCUT2D eigenvalue weighted by atomic mass is 9.76. The summed E-state index contributed by atoms with van der Waals surface area (Å²) in [6, 6.07) is 7.73. The Balaban J connectivity index is 1.44. The lowest BCUT2D eigenvalue weighted by Crippen LogP contribution is -2.41. The summed E-state index contributed by atoms with van der Waals surface area (Å²) in [7, 11) is 0. The molecule has 1 aromatic carbocycles. The first-order valence-electron chi connectivity index (χ1n) is 6.71. The van der Waals surface area contributed by atoms with Crippen molar-refractivity contribution in [3.8, 4) is 0 Å². The Morgan fingerprint density at radius 3 is 2.71 bits per heavy atom. The SMILES string of the molecule is CC1CC1CNC1CC(c2cccc(F)c2)C1. The Bertz CT molecular complexity index is 398. The lowest BCUT2D eigenvalue weighted by Gasteiger charge is -2.36. The summed E-state index contributed by atoms with van der Waals surface area (Å²) in [5.41, 5.74) is 1.17. The smallest absolute Gasteiger partial charge is 0.123 e. The average molecular weight is 233 g/mol. The monoisotopic (exact) mass is 233 g/mol. The fourth-order valence-corrected chi connectivity index (χ4v) is 2.82. The molecule has 0 heterocycles. The molecule has 2 heteroatoms. The Kier molecular flexibility index (Phi) is 2.91. The van der Waals surface area contributed by atoms with E-state index in [0.29, 0.717) is 12.0 Å². The molecule has 1 nitrogen and oxygen atoms in total. The van der Waals surface area contributed by atoms with E-state index in [1.54, 1.807) is 6.07 Å². The zero-order chi connectivity index (χ0) is 11.8. The molecule has 1 aromatic rings. The van der Waals surface area contributed by atoms with Crippen LogP contribution in [0.2, 0.25) is 0 Å². The van der Waals surface area contributed by atoms with Crippen molar-refractivity contribution in [3.05, 3.63) is 35.6 Å². The number of rotatable bonds is 4. The van der Waals surface area contributed by atoms with Crippen molar-refractivity contribution in [3.63, 3.8) is 0 Å². The van der Waals surface area contributed by atoms with E-state index in [4.69, 9.17) is 0 Å². The Hall–Kier alpha value is -0.890. The second-order valence-electron chi connectivity index (χ2n) is 5.80. The summed E-state index contributed by atoms with van der Waals surface area (Å²) >= 11 is 0. The molecule has 2 aliphatic rings. The molecule has 1 N–H and O–H groups in total. The third-order valence-corrected chi connectivity index (χ3v) is 4.40. The Labute approximate surface area is 102 Å². The van der Waals surface area contributed by atoms with E-state index in [1.165, 1.54) is 37.4 Å². The molecule has 3 rings (SSSR count). The number of nitrogens with one attached hydrogen (secondary N) is 1. The fraction of sp³-hybridized carbons (Fsp3) is 0.600. The van der Waals surface area contributed by atoms with E-state index in [1.807, 2.05) is 12.1 Å². The second-order valence-corrected chi connectivity index (χ2v) is 5.80. The van der Waals surface area contributed by atoms with E-state index in [0.717, 1.165) is 11.8 Å². The van der Waals surface area contributed by atoms with Gasteiger partial charge in [0, 0.05) is 6.04 Å². The van der Waals surface area contributed by atoms with Crippen LogP contribution in [0.3, 0.4) is 0 Å². The summed E-state index contributed by atoms with van der Waals surface area (Å²) < 4.78 is 13.1. The summed E-state index contributed by atoms with van der Waals surface area (Å²) in [5, 5.41) is 3.63. The molecular weight excluding hydrogens is 213 g/mol. The molecule has 92 valence electrons. The maximum absolute atomic E-state index is 13.1. The Morgan fingerprint density at radius 1 is 1.29 bits per heavy atom. The second kappa shape index (κ2) is 4.41. The summed E-state index contributed by atoms with van der Waals surface area (Å²) in [5.74, 6) is 2.32. The highest BCUT2D eigenvalue weighted by molar-refractivity contribution is 5.23. The maximum atomic E-state index is 13.1. The fourth-order valence-electron chi connectivity index (χ4n) is 2.82. The highest BCUT2D eigenvalue weighted by Gasteiger charge is 2.35. The molecule has 0 spiro atoms. The van der Waals surface area contributed by atoms with Gasteiger partial charge in [0.15, 0.2) is 0 Å². The normalized spacial score (nSPS) is 35.4. The lowest BCUT2D eigenvalue weighted by molar-refractivity contribution is 0.286. The van der Waals surface area contributed by atoms with Crippen molar-refractivity contribution in [1.29, 1.82) is 0 Å². The molecular formula is C15H20FN. The summed E-state index contributed by atoms with van der Waals surface area (Å²) in [4.78, 5) is 0. The van der Waals surface area contributed by atoms with E-state index >= 15 is 0 Å². The molecule has 2 unspecified atom stereocenters. The Morgan fingerprint density at radius 2 is 2.06 bits per heavy atom. The molecule has 0 aromatic heterocycles. The van der Waals surface area contributed by atoms with E-state index in [9.17, 15) is 4.39 Å². The van der Waals surface area contributed by atoms with E-state index in [-0.39, 0.29) is 5.82 Å². The number of hydrogen-bond donors (Lipinski definition) is 1. The van der Waals surface area contributed by atoms with Gasteiger partial charge in [0.05, 0.1) is 0 Å². The van der Waals surface area contributed by atoms with Gasteiger partial charge in [-0.25, -0.2) is 4.39 Å². The zero-order valence-corrected chi connectivity index (χ0v) is 10.3. The molecule has 0 bridgehead atoms. The third kappa shape index (κ3) is 2.52. The first-order chi connectivity index (χ1) is 8.22. The van der Waals surface area contributed by atoms with Gasteiger partial charge in [0.25, 0.3) is 0 Å². The van der Waals surface area contributed by atoms with Gasteiger partial charge in [0.2, 0.25) is 0 Å². The summed E-state index contributed by atoms with van der Waals surface area (Å²) in [6.45, 7) is 3.50. The minimum Gasteiger partial charge on any atom is -0.314 e. The molecule has 2 atom stereocenters. The highest BCUT2D eigenvalue weighted by Crippen LogP contribution is 2.40. The van der Waals surface area contributed by atoms with Crippen LogP contribution in [-0.4, -0.2) is 12.6 Å². The first kappa shape index (κ1) is 11.2. The number of benzene rings is 1. The molecule has 2 aliphatic carbocycles. The van der Waals surface area contributed by atoms with Gasteiger partial charge in [-0.2, -0.15) is 0 Å². The standard InChI is InChI=1S/C15H20FN/c1-10-5-13(10)9-17-15-7-12(8-15)11-3-2-4-14(16)6-11/h2-4,6,10,12-13,15,17H,5,7-9H2,1H3. The van der Waals surface area contributed by atoms with Gasteiger partial charge < -0.3 is 5.32 Å². The largest absolute Gasteiger partial charge is 0.314 e. The molecule has 2 saturated carbocycles. The number of halogens is 1. The van der Waals surface area contributed by atoms with E-state index < -0.39 is 0 Å². The molecule has 17 heavy (non-hydrogen) atoms. The van der Waals surface area contributed by atoms with Crippen LogP contribution in [0.4, 0.5) is 4.39 Å². The van der Waals surface area contributed by atoms with Gasteiger partial charge in [-0.3, -0.25) is 0 Å². The summed E-state index contributed by atoms with van der Waals surface area (Å²) in [6.07, 6.45) is 3.74. The minimum atomic E-state index is -0.106. The molecule has 0 aliphatic heterocycles. The maximum Gasteiger partial charge on any atom is 0.123 e. The van der Waals surface area contributed by atoms with Crippen LogP contribution >= 0.6 is 0 Å². The predicted octanol–water partition coefficient (Wildman–Crippen LogP) is 3.32. The van der Waals surface area contributed by atoms with Gasteiger partial charge in [0.1, 0.15) is 5.82 Å². The van der Waals surface area contributed by atoms with Crippen LogP contribution < -0.4 is 5.32 Å². The van der Waals surface area contributed by atoms with Crippen LogP contribution in [0.1, 0.15) is 37.7 Å². The van der Waals surface area contributed by atoms with Crippen molar-refractivity contribution in [2.45, 2.75) is 38.1 Å². The first-order valence-corrected chi connectivity index (χ1v) is 6.71. The van der Waals surface area contributed by atoms with Gasteiger partial charge in [-0.05, 0) is 61.3 Å². The van der Waals surface area contributed by atoms with E-state index in [2.05, 4.69) is 12.2 Å². The van der Waals surface area contributed by atoms with Gasteiger partial charge in [-0.1, -0.05) is 19.1 Å². The van der Waals surface area contributed by atoms with Crippen LogP contribution in [0.25, 0.3) is 0 Å². The van der Waals surface area contributed by atoms with Crippen LogP contribution in [0.5, 0.6) is 0 Å². The van der Waals surface area contributed by atoms with Crippen LogP contribution in [-0.2, 0) is 0 Å². The third-order valence-electron chi connectivity index (χ3n) is 4.40. The van der Waals surface area contributed by atoms with Crippen molar-refractivity contribution < 1.29 is 4.39 Å². The molecule has 0 saturated heterocycles. The minimum absolute atomic E-state index is 0.106.